The van der Waals surface area contributed by atoms with Crippen LogP contribution in [0.3, 0.4) is 0 Å². The standard InChI is InChI=1S/C21H24F3N3O2/c1-13-10-17(14(2)26(13)11-15-6-5-9-29-15)19-25-18-8-4-3-7-16(18)20(28)27(19)12-21(22,23)24/h3-4,7-8,10,15,19,25H,5-6,9,11-12H2,1-2H3/t15-,19-/m0/s1. The zero-order valence-corrected chi connectivity index (χ0v) is 16.4. The maximum Gasteiger partial charge on any atom is 0.406 e. The fourth-order valence-electron chi connectivity index (χ4n) is 4.27. The molecular weight excluding hydrogens is 383 g/mol. The highest BCUT2D eigenvalue weighted by Crippen LogP contribution is 2.37. The van der Waals surface area contributed by atoms with Crippen molar-refractivity contribution in [3.8, 4) is 0 Å². The summed E-state index contributed by atoms with van der Waals surface area (Å²) in [4.78, 5) is 13.8. The Morgan fingerprint density at radius 1 is 1.24 bits per heavy atom. The third-order valence-electron chi connectivity index (χ3n) is 5.69. The summed E-state index contributed by atoms with van der Waals surface area (Å²) in [7, 11) is 0. The van der Waals surface area contributed by atoms with Crippen LogP contribution in [0.25, 0.3) is 0 Å². The minimum absolute atomic E-state index is 0.112. The zero-order valence-electron chi connectivity index (χ0n) is 16.4. The molecule has 1 amide bonds. The second-order valence-electron chi connectivity index (χ2n) is 7.71. The van der Waals surface area contributed by atoms with E-state index in [1.807, 2.05) is 19.9 Å². The van der Waals surface area contributed by atoms with Crippen molar-refractivity contribution < 1.29 is 22.7 Å². The van der Waals surface area contributed by atoms with Crippen molar-refractivity contribution in [3.63, 3.8) is 0 Å². The summed E-state index contributed by atoms with van der Waals surface area (Å²) in [5, 5.41) is 3.15. The molecule has 1 aromatic heterocycles. The van der Waals surface area contributed by atoms with Gasteiger partial charge in [0.05, 0.1) is 11.7 Å². The van der Waals surface area contributed by atoms with Crippen molar-refractivity contribution in [2.24, 2.45) is 0 Å². The zero-order chi connectivity index (χ0) is 20.8. The summed E-state index contributed by atoms with van der Waals surface area (Å²) < 4.78 is 47.7. The lowest BCUT2D eigenvalue weighted by Crippen LogP contribution is -2.47. The predicted molar refractivity (Wildman–Crippen MR) is 103 cm³/mol. The molecule has 4 rings (SSSR count). The highest BCUT2D eigenvalue weighted by atomic mass is 19.4. The van der Waals surface area contributed by atoms with Crippen LogP contribution in [0.1, 0.15) is 46.3 Å². The van der Waals surface area contributed by atoms with Crippen molar-refractivity contribution in [3.05, 3.63) is 52.8 Å². The Bertz CT molecular complexity index is 916. The van der Waals surface area contributed by atoms with E-state index in [0.29, 0.717) is 17.8 Å². The number of benzene rings is 1. The Balaban J connectivity index is 1.72. The second kappa shape index (κ2) is 7.40. The minimum Gasteiger partial charge on any atom is -0.376 e. The average Bonchev–Trinajstić information content (AvgIpc) is 3.27. The van der Waals surface area contributed by atoms with Gasteiger partial charge < -0.3 is 19.5 Å². The number of hydrogen-bond acceptors (Lipinski definition) is 3. The Morgan fingerprint density at radius 3 is 2.69 bits per heavy atom. The Hall–Kier alpha value is -2.48. The molecule has 1 aromatic carbocycles. The van der Waals surface area contributed by atoms with Crippen LogP contribution >= 0.6 is 0 Å². The number of anilines is 1. The van der Waals surface area contributed by atoms with E-state index in [4.69, 9.17) is 4.74 Å². The summed E-state index contributed by atoms with van der Waals surface area (Å²) in [6.45, 7) is 3.90. The first-order valence-electron chi connectivity index (χ1n) is 9.76. The number of aryl methyl sites for hydroxylation is 1. The van der Waals surface area contributed by atoms with Gasteiger partial charge in [-0.05, 0) is 44.9 Å². The van der Waals surface area contributed by atoms with Crippen molar-refractivity contribution >= 4 is 11.6 Å². The molecule has 0 spiro atoms. The molecule has 1 fully saturated rings. The van der Waals surface area contributed by atoms with Crippen LogP contribution in [0.5, 0.6) is 0 Å². The van der Waals surface area contributed by atoms with Gasteiger partial charge in [0.2, 0.25) is 0 Å². The fourth-order valence-corrected chi connectivity index (χ4v) is 4.27. The molecule has 5 nitrogen and oxygen atoms in total. The number of nitrogens with one attached hydrogen (secondary N) is 1. The number of aromatic nitrogens is 1. The topological polar surface area (TPSA) is 46.5 Å². The van der Waals surface area contributed by atoms with Crippen molar-refractivity contribution in [2.75, 3.05) is 18.5 Å². The highest BCUT2D eigenvalue weighted by Gasteiger charge is 2.41. The minimum atomic E-state index is -4.49. The molecule has 0 bridgehead atoms. The molecule has 156 valence electrons. The monoisotopic (exact) mass is 407 g/mol. The van der Waals surface area contributed by atoms with Gasteiger partial charge in [-0.3, -0.25) is 4.79 Å². The highest BCUT2D eigenvalue weighted by molar-refractivity contribution is 6.01. The van der Waals surface area contributed by atoms with Crippen LogP contribution in [-0.4, -0.2) is 40.8 Å². The smallest absolute Gasteiger partial charge is 0.376 e. The predicted octanol–water partition coefficient (Wildman–Crippen LogP) is 4.41. The van der Waals surface area contributed by atoms with E-state index in [1.165, 1.54) is 0 Å². The van der Waals surface area contributed by atoms with Crippen molar-refractivity contribution in [1.29, 1.82) is 0 Å². The van der Waals surface area contributed by atoms with Gasteiger partial charge in [0.25, 0.3) is 5.91 Å². The number of halogens is 3. The summed E-state index contributed by atoms with van der Waals surface area (Å²) in [6.07, 6.45) is -3.28. The average molecular weight is 407 g/mol. The van der Waals surface area contributed by atoms with Crippen LogP contribution in [0.2, 0.25) is 0 Å². The third kappa shape index (κ3) is 3.85. The molecule has 0 aliphatic carbocycles. The molecule has 8 heteroatoms. The lowest BCUT2D eigenvalue weighted by atomic mass is 10.0. The summed E-state index contributed by atoms with van der Waals surface area (Å²) in [5.74, 6) is -0.620. The number of hydrogen-bond donors (Lipinski definition) is 1. The van der Waals surface area contributed by atoms with Crippen LogP contribution in [0, 0.1) is 13.8 Å². The van der Waals surface area contributed by atoms with E-state index < -0.39 is 24.8 Å². The Kier molecular flexibility index (Phi) is 5.06. The molecule has 2 atom stereocenters. The van der Waals surface area contributed by atoms with Crippen molar-refractivity contribution in [2.45, 2.75) is 51.7 Å². The summed E-state index contributed by atoms with van der Waals surface area (Å²) in [6, 6.07) is 8.54. The number of fused-ring (bicyclic) bond motifs is 1. The lowest BCUT2D eigenvalue weighted by Gasteiger charge is -2.38. The number of amides is 1. The molecule has 0 radical (unpaired) electrons. The lowest BCUT2D eigenvalue weighted by molar-refractivity contribution is -0.144. The first-order chi connectivity index (χ1) is 13.7. The van der Waals surface area contributed by atoms with Gasteiger partial charge in [0, 0.05) is 35.8 Å². The van der Waals surface area contributed by atoms with Gasteiger partial charge in [-0.25, -0.2) is 0 Å². The van der Waals surface area contributed by atoms with Gasteiger partial charge in [-0.2, -0.15) is 13.2 Å². The number of carbonyl (C=O) groups excluding carboxylic acids is 1. The van der Waals surface area contributed by atoms with Crippen LogP contribution in [0.4, 0.5) is 18.9 Å². The van der Waals surface area contributed by atoms with Gasteiger partial charge in [-0.15, -0.1) is 0 Å². The van der Waals surface area contributed by atoms with E-state index in [1.54, 1.807) is 24.3 Å². The number of nitrogens with zero attached hydrogens (tertiary/aromatic N) is 2. The Labute approximate surface area is 167 Å². The third-order valence-corrected chi connectivity index (χ3v) is 5.69. The molecule has 1 N–H and O–H groups in total. The van der Waals surface area contributed by atoms with Crippen LogP contribution in [-0.2, 0) is 11.3 Å². The molecule has 29 heavy (non-hydrogen) atoms. The first kappa shape index (κ1) is 19.8. The molecular formula is C21H24F3N3O2. The second-order valence-corrected chi connectivity index (χ2v) is 7.71. The van der Waals surface area contributed by atoms with E-state index in [0.717, 1.165) is 35.7 Å². The largest absolute Gasteiger partial charge is 0.406 e. The van der Waals surface area contributed by atoms with Gasteiger partial charge in [-0.1, -0.05) is 12.1 Å². The quantitative estimate of drug-likeness (QED) is 0.817. The van der Waals surface area contributed by atoms with Gasteiger partial charge >= 0.3 is 6.18 Å². The van der Waals surface area contributed by atoms with E-state index in [2.05, 4.69) is 9.88 Å². The fraction of sp³-hybridized carbons (Fsp3) is 0.476. The van der Waals surface area contributed by atoms with E-state index in [-0.39, 0.29) is 11.7 Å². The molecule has 2 aromatic rings. The Morgan fingerprint density at radius 2 is 2.00 bits per heavy atom. The summed E-state index contributed by atoms with van der Waals surface area (Å²) in [5.41, 5.74) is 3.25. The molecule has 3 heterocycles. The summed E-state index contributed by atoms with van der Waals surface area (Å²) >= 11 is 0. The number of rotatable bonds is 4. The number of alkyl halides is 3. The van der Waals surface area contributed by atoms with Gasteiger partial charge in [0.15, 0.2) is 0 Å². The normalized spacial score (nSPS) is 22.0. The molecule has 1 saturated heterocycles. The maximum absolute atomic E-state index is 13.3. The van der Waals surface area contributed by atoms with E-state index in [9.17, 15) is 18.0 Å². The molecule has 2 aliphatic heterocycles. The SMILES string of the molecule is Cc1cc([C@H]2Nc3ccccc3C(=O)N2CC(F)(F)F)c(C)n1C[C@@H]1CCCO1. The van der Waals surface area contributed by atoms with Gasteiger partial charge in [0.1, 0.15) is 12.7 Å². The molecule has 0 unspecified atom stereocenters. The molecule has 2 aliphatic rings. The van der Waals surface area contributed by atoms with E-state index >= 15 is 0 Å². The molecule has 0 saturated carbocycles. The first-order valence-corrected chi connectivity index (χ1v) is 9.76. The van der Waals surface area contributed by atoms with Crippen LogP contribution < -0.4 is 5.32 Å². The number of carbonyl (C=O) groups is 1. The number of para-hydroxylation sites is 1. The van der Waals surface area contributed by atoms with Crippen molar-refractivity contribution in [1.82, 2.24) is 9.47 Å². The van der Waals surface area contributed by atoms with Crippen LogP contribution in [0.15, 0.2) is 30.3 Å². The number of ether oxygens (including phenoxy) is 1. The maximum atomic E-state index is 13.3.